The van der Waals surface area contributed by atoms with Crippen LogP contribution in [0.2, 0.25) is 0 Å². The molecular formula is C27H26N2O6S. The highest BCUT2D eigenvalue weighted by Crippen LogP contribution is 2.32. The number of thiazole rings is 1. The van der Waals surface area contributed by atoms with Crippen LogP contribution in [0.1, 0.15) is 31.0 Å². The Hall–Kier alpha value is -4.11. The quantitative estimate of drug-likeness (QED) is 0.372. The summed E-state index contributed by atoms with van der Waals surface area (Å²) >= 11 is 1.18. The highest BCUT2D eigenvalue weighted by Gasteiger charge is 2.33. The number of fused-ring (bicyclic) bond motifs is 1. The number of hydrogen-bond acceptors (Lipinski definition) is 8. The third-order valence-electron chi connectivity index (χ3n) is 5.62. The molecule has 4 rings (SSSR count). The van der Waals surface area contributed by atoms with Gasteiger partial charge >= 0.3 is 5.97 Å². The van der Waals surface area contributed by atoms with Crippen LogP contribution in [0.25, 0.3) is 6.08 Å². The summed E-state index contributed by atoms with van der Waals surface area (Å²) in [5, 5.41) is 10.5. The molecule has 1 N–H and O–H groups in total. The van der Waals surface area contributed by atoms with Gasteiger partial charge in [0.15, 0.2) is 16.3 Å². The fourth-order valence-electron chi connectivity index (χ4n) is 3.97. The first kappa shape index (κ1) is 25.0. The molecule has 1 atom stereocenters. The van der Waals surface area contributed by atoms with E-state index in [-0.39, 0.29) is 17.9 Å². The molecule has 1 aromatic heterocycles. The Bertz CT molecular complexity index is 1520. The third kappa shape index (κ3) is 4.70. The predicted octanol–water partition coefficient (Wildman–Crippen LogP) is 3.08. The number of phenolic OH excluding ortho intramolecular Hbond substituents is 1. The Morgan fingerprint density at radius 3 is 2.67 bits per heavy atom. The molecule has 0 fully saturated rings. The number of allylic oxidation sites excluding steroid dienone is 1. The Morgan fingerprint density at radius 1 is 1.25 bits per heavy atom. The maximum atomic E-state index is 13.7. The van der Waals surface area contributed by atoms with Gasteiger partial charge in [-0.25, -0.2) is 9.79 Å². The van der Waals surface area contributed by atoms with Crippen LogP contribution >= 0.6 is 11.3 Å². The Labute approximate surface area is 211 Å². The van der Waals surface area contributed by atoms with E-state index in [0.29, 0.717) is 49.8 Å². The van der Waals surface area contributed by atoms with E-state index in [4.69, 9.17) is 14.2 Å². The summed E-state index contributed by atoms with van der Waals surface area (Å²) in [6.07, 6.45) is 3.24. The first-order chi connectivity index (χ1) is 17.4. The van der Waals surface area contributed by atoms with E-state index < -0.39 is 12.0 Å². The van der Waals surface area contributed by atoms with Crippen molar-refractivity contribution in [3.63, 3.8) is 0 Å². The van der Waals surface area contributed by atoms with Crippen molar-refractivity contribution in [3.8, 4) is 17.2 Å². The topological polar surface area (TPSA) is 99.4 Å². The smallest absolute Gasteiger partial charge is 0.338 e. The average molecular weight is 507 g/mol. The lowest BCUT2D eigenvalue weighted by molar-refractivity contribution is -0.139. The van der Waals surface area contributed by atoms with Crippen molar-refractivity contribution >= 4 is 23.4 Å². The molecule has 0 bridgehead atoms. The number of rotatable bonds is 8. The number of aromatic hydroxyl groups is 1. The highest BCUT2D eigenvalue weighted by molar-refractivity contribution is 7.07. The number of carbonyl (C=O) groups is 1. The van der Waals surface area contributed by atoms with Crippen molar-refractivity contribution in [2.75, 3.05) is 20.3 Å². The van der Waals surface area contributed by atoms with Crippen LogP contribution < -0.4 is 24.4 Å². The number of benzene rings is 2. The molecule has 0 aliphatic carbocycles. The van der Waals surface area contributed by atoms with Crippen molar-refractivity contribution in [2.45, 2.75) is 19.9 Å². The molecule has 0 amide bonds. The van der Waals surface area contributed by atoms with E-state index in [1.54, 1.807) is 56.3 Å². The maximum absolute atomic E-state index is 13.7. The number of ether oxygens (including phenoxy) is 3. The Morgan fingerprint density at radius 2 is 2.00 bits per heavy atom. The summed E-state index contributed by atoms with van der Waals surface area (Å²) in [6.45, 7) is 7.65. The van der Waals surface area contributed by atoms with Gasteiger partial charge in [-0.3, -0.25) is 9.36 Å². The summed E-state index contributed by atoms with van der Waals surface area (Å²) in [5.41, 5.74) is 1.56. The van der Waals surface area contributed by atoms with Gasteiger partial charge in [-0.05, 0) is 43.7 Å². The second-order valence-corrected chi connectivity index (χ2v) is 8.88. The van der Waals surface area contributed by atoms with Crippen LogP contribution in [0.15, 0.2) is 76.2 Å². The minimum atomic E-state index is -0.741. The fourth-order valence-corrected chi connectivity index (χ4v) is 5.01. The average Bonchev–Trinajstić information content (AvgIpc) is 3.17. The fraction of sp³-hybridized carbons (Fsp3) is 0.222. The monoisotopic (exact) mass is 506 g/mol. The molecule has 8 nitrogen and oxygen atoms in total. The van der Waals surface area contributed by atoms with Gasteiger partial charge in [-0.15, -0.1) is 0 Å². The number of hydrogen-bond donors (Lipinski definition) is 1. The molecule has 0 unspecified atom stereocenters. The second-order valence-electron chi connectivity index (χ2n) is 7.87. The van der Waals surface area contributed by atoms with E-state index in [1.807, 2.05) is 12.1 Å². The zero-order valence-corrected chi connectivity index (χ0v) is 21.0. The summed E-state index contributed by atoms with van der Waals surface area (Å²) < 4.78 is 17.9. The second kappa shape index (κ2) is 10.7. The number of esters is 1. The number of aromatic nitrogens is 1. The summed E-state index contributed by atoms with van der Waals surface area (Å²) in [6, 6.07) is 11.5. The van der Waals surface area contributed by atoms with Crippen molar-refractivity contribution < 1.29 is 24.1 Å². The molecule has 3 aromatic rings. The van der Waals surface area contributed by atoms with Crippen LogP contribution in [0.4, 0.5) is 0 Å². The Balaban J connectivity index is 1.90. The number of para-hydroxylation sites is 1. The van der Waals surface area contributed by atoms with Crippen molar-refractivity contribution in [1.29, 1.82) is 0 Å². The Kier molecular flexibility index (Phi) is 7.40. The molecule has 2 heterocycles. The molecule has 0 spiro atoms. The lowest BCUT2D eigenvalue weighted by Gasteiger charge is -2.24. The first-order valence-corrected chi connectivity index (χ1v) is 12.1. The van der Waals surface area contributed by atoms with Gasteiger partial charge in [0, 0.05) is 5.56 Å². The zero-order chi connectivity index (χ0) is 25.8. The number of phenols is 1. The van der Waals surface area contributed by atoms with Crippen molar-refractivity contribution in [1.82, 2.24) is 4.57 Å². The number of methoxy groups -OCH3 is 1. The standard InChI is InChI=1S/C27H26N2O6S/c1-5-14-35-19-12-10-17(11-13-19)23-22(26(32)34-6-2)16(3)28-27-29(23)25(31)21(36-27)15-18-8-7-9-20(33-4)24(18)30/h5,7-13,15,23,30H,1,6,14H2,2-4H3/b21-15-/t23-/m0/s1. The van der Waals surface area contributed by atoms with Gasteiger partial charge < -0.3 is 19.3 Å². The molecule has 0 saturated heterocycles. The van der Waals surface area contributed by atoms with Crippen molar-refractivity contribution in [3.05, 3.63) is 97.2 Å². The third-order valence-corrected chi connectivity index (χ3v) is 6.60. The van der Waals surface area contributed by atoms with Crippen LogP contribution in [0.5, 0.6) is 17.2 Å². The van der Waals surface area contributed by atoms with E-state index in [1.165, 1.54) is 23.0 Å². The molecule has 1 aliphatic rings. The number of nitrogens with zero attached hydrogens (tertiary/aromatic N) is 2. The van der Waals surface area contributed by atoms with Crippen LogP contribution in [-0.4, -0.2) is 36.0 Å². The predicted molar refractivity (Wildman–Crippen MR) is 137 cm³/mol. The zero-order valence-electron chi connectivity index (χ0n) is 20.2. The van der Waals surface area contributed by atoms with Crippen molar-refractivity contribution in [2.24, 2.45) is 4.99 Å². The first-order valence-electron chi connectivity index (χ1n) is 11.3. The molecule has 0 radical (unpaired) electrons. The van der Waals surface area contributed by atoms with Gasteiger partial charge in [0.25, 0.3) is 5.56 Å². The normalized spacial score (nSPS) is 15.2. The van der Waals surface area contributed by atoms with E-state index in [0.717, 1.165) is 0 Å². The van der Waals surface area contributed by atoms with Gasteiger partial charge in [0.1, 0.15) is 12.4 Å². The summed E-state index contributed by atoms with van der Waals surface area (Å²) in [5.74, 6) is 0.336. The molecule has 2 aromatic carbocycles. The summed E-state index contributed by atoms with van der Waals surface area (Å²) in [4.78, 5) is 31.7. The van der Waals surface area contributed by atoms with E-state index in [2.05, 4.69) is 11.6 Å². The van der Waals surface area contributed by atoms with E-state index >= 15 is 0 Å². The van der Waals surface area contributed by atoms with Crippen LogP contribution in [0, 0.1) is 0 Å². The van der Waals surface area contributed by atoms with Crippen LogP contribution in [-0.2, 0) is 9.53 Å². The lowest BCUT2D eigenvalue weighted by atomic mass is 9.96. The molecular weight excluding hydrogens is 480 g/mol. The SMILES string of the molecule is C=CCOc1ccc([C@H]2C(C(=O)OCC)=C(C)N=c3s/c(=C\c4cccc(OC)c4O)c(=O)n32)cc1. The van der Waals surface area contributed by atoms with Gasteiger partial charge in [0.05, 0.1) is 35.6 Å². The lowest BCUT2D eigenvalue weighted by Crippen LogP contribution is -2.39. The minimum absolute atomic E-state index is 0.0686. The largest absolute Gasteiger partial charge is 0.504 e. The van der Waals surface area contributed by atoms with E-state index in [9.17, 15) is 14.7 Å². The van der Waals surface area contributed by atoms with Gasteiger partial charge in [0.2, 0.25) is 0 Å². The molecule has 0 saturated carbocycles. The molecule has 9 heteroatoms. The van der Waals surface area contributed by atoms with Gasteiger partial charge in [-0.2, -0.15) is 0 Å². The van der Waals surface area contributed by atoms with Gasteiger partial charge in [-0.1, -0.05) is 48.3 Å². The molecule has 36 heavy (non-hydrogen) atoms. The molecule has 1 aliphatic heterocycles. The number of carbonyl (C=O) groups excluding carboxylic acids is 1. The minimum Gasteiger partial charge on any atom is -0.504 e. The molecule has 186 valence electrons. The maximum Gasteiger partial charge on any atom is 0.338 e. The highest BCUT2D eigenvalue weighted by atomic mass is 32.1. The van der Waals surface area contributed by atoms with Crippen LogP contribution in [0.3, 0.4) is 0 Å². The summed E-state index contributed by atoms with van der Waals surface area (Å²) in [7, 11) is 1.46.